The third-order valence-electron chi connectivity index (χ3n) is 2.62. The molecule has 0 aromatic rings. The number of likely N-dealkylation sites (tertiary alicyclic amines) is 1. The molecule has 3 heteroatoms. The summed E-state index contributed by atoms with van der Waals surface area (Å²) >= 11 is 5.76. The lowest BCUT2D eigenvalue weighted by molar-refractivity contribution is 0.154. The molecule has 0 radical (unpaired) electrons. The largest absolute Gasteiger partial charge is 0.393 e. The van der Waals surface area contributed by atoms with Crippen LogP contribution in [-0.2, 0) is 0 Å². The lowest BCUT2D eigenvalue weighted by Gasteiger charge is -2.22. The van der Waals surface area contributed by atoms with Gasteiger partial charge in [-0.25, -0.2) is 0 Å². The van der Waals surface area contributed by atoms with Crippen LogP contribution < -0.4 is 0 Å². The number of rotatable bonds is 3. The summed E-state index contributed by atoms with van der Waals surface area (Å²) in [6.45, 7) is 5.41. The van der Waals surface area contributed by atoms with Crippen molar-refractivity contribution in [2.24, 2.45) is 5.92 Å². The number of aliphatic hydroxyl groups is 1. The highest BCUT2D eigenvalue weighted by Crippen LogP contribution is 2.12. The zero-order valence-electron chi connectivity index (χ0n) is 8.38. The van der Waals surface area contributed by atoms with Crippen molar-refractivity contribution in [3.63, 3.8) is 0 Å². The quantitative estimate of drug-likeness (QED) is 0.710. The van der Waals surface area contributed by atoms with E-state index in [1.54, 1.807) is 0 Å². The molecule has 0 aromatic heterocycles. The van der Waals surface area contributed by atoms with Crippen molar-refractivity contribution in [3.05, 3.63) is 0 Å². The van der Waals surface area contributed by atoms with Crippen LogP contribution in [0.4, 0.5) is 0 Å². The van der Waals surface area contributed by atoms with Crippen LogP contribution >= 0.6 is 11.6 Å². The van der Waals surface area contributed by atoms with E-state index in [4.69, 9.17) is 11.6 Å². The van der Waals surface area contributed by atoms with E-state index >= 15 is 0 Å². The van der Waals surface area contributed by atoms with Gasteiger partial charge in [-0.2, -0.15) is 0 Å². The first-order valence-corrected chi connectivity index (χ1v) is 5.72. The highest BCUT2D eigenvalue weighted by Gasteiger charge is 2.15. The molecule has 2 atom stereocenters. The van der Waals surface area contributed by atoms with E-state index in [1.165, 1.54) is 0 Å². The number of halogens is 1. The predicted octanol–water partition coefficient (Wildman–Crippen LogP) is 1.71. The molecule has 1 fully saturated rings. The second-order valence-electron chi connectivity index (χ2n) is 4.14. The van der Waals surface area contributed by atoms with Gasteiger partial charge in [0.2, 0.25) is 0 Å². The summed E-state index contributed by atoms with van der Waals surface area (Å²) in [5.74, 6) is 1.30. The van der Waals surface area contributed by atoms with Crippen LogP contribution in [0.25, 0.3) is 0 Å². The molecule has 2 unspecified atom stereocenters. The van der Waals surface area contributed by atoms with E-state index in [-0.39, 0.29) is 6.10 Å². The van der Waals surface area contributed by atoms with Crippen molar-refractivity contribution in [1.29, 1.82) is 0 Å². The molecular formula is C10H20ClNO. The van der Waals surface area contributed by atoms with E-state index in [1.807, 2.05) is 0 Å². The van der Waals surface area contributed by atoms with Crippen LogP contribution in [0.15, 0.2) is 0 Å². The summed E-state index contributed by atoms with van der Waals surface area (Å²) in [7, 11) is 0. The average Bonchev–Trinajstić information content (AvgIpc) is 2.31. The Labute approximate surface area is 85.9 Å². The molecule has 0 spiro atoms. The number of hydrogen-bond acceptors (Lipinski definition) is 2. The maximum Gasteiger partial charge on any atom is 0.0553 e. The van der Waals surface area contributed by atoms with Gasteiger partial charge in [0.05, 0.1) is 6.10 Å². The summed E-state index contributed by atoms with van der Waals surface area (Å²) in [5.41, 5.74) is 0. The molecule has 2 nitrogen and oxygen atoms in total. The smallest absolute Gasteiger partial charge is 0.0553 e. The van der Waals surface area contributed by atoms with Crippen LogP contribution in [0, 0.1) is 5.92 Å². The topological polar surface area (TPSA) is 23.5 Å². The van der Waals surface area contributed by atoms with Gasteiger partial charge in [0.1, 0.15) is 0 Å². The van der Waals surface area contributed by atoms with Gasteiger partial charge < -0.3 is 10.0 Å². The Morgan fingerprint density at radius 3 is 2.92 bits per heavy atom. The number of nitrogens with zero attached hydrogens (tertiary/aromatic N) is 1. The standard InChI is InChI=1S/C10H20ClNO/c1-9(7-11)8-12-5-2-3-10(13)4-6-12/h9-10,13H,2-8H2,1H3. The maximum absolute atomic E-state index is 9.45. The van der Waals surface area contributed by atoms with E-state index in [2.05, 4.69) is 11.8 Å². The van der Waals surface area contributed by atoms with Crippen molar-refractivity contribution in [2.45, 2.75) is 32.3 Å². The summed E-state index contributed by atoms with van der Waals surface area (Å²) in [6.07, 6.45) is 2.94. The molecule has 1 aliphatic heterocycles. The van der Waals surface area contributed by atoms with Crippen molar-refractivity contribution in [2.75, 3.05) is 25.5 Å². The molecule has 0 bridgehead atoms. The molecule has 1 saturated heterocycles. The van der Waals surface area contributed by atoms with Gasteiger partial charge in [-0.15, -0.1) is 11.6 Å². The van der Waals surface area contributed by atoms with Gasteiger partial charge in [0, 0.05) is 19.0 Å². The summed E-state index contributed by atoms with van der Waals surface area (Å²) < 4.78 is 0. The lowest BCUT2D eigenvalue weighted by atomic mass is 10.2. The van der Waals surface area contributed by atoms with Gasteiger partial charge in [0.25, 0.3) is 0 Å². The minimum atomic E-state index is -0.0729. The number of aliphatic hydroxyl groups excluding tert-OH is 1. The Morgan fingerprint density at radius 1 is 1.46 bits per heavy atom. The summed E-state index contributed by atoms with van der Waals surface area (Å²) in [6, 6.07) is 0. The fourth-order valence-electron chi connectivity index (χ4n) is 1.81. The highest BCUT2D eigenvalue weighted by molar-refractivity contribution is 6.18. The first-order valence-electron chi connectivity index (χ1n) is 5.18. The molecule has 78 valence electrons. The third-order valence-corrected chi connectivity index (χ3v) is 3.15. The van der Waals surface area contributed by atoms with Gasteiger partial charge in [0.15, 0.2) is 0 Å². The highest BCUT2D eigenvalue weighted by atomic mass is 35.5. The molecule has 13 heavy (non-hydrogen) atoms. The van der Waals surface area contributed by atoms with Crippen LogP contribution in [0.5, 0.6) is 0 Å². The SMILES string of the molecule is CC(CCl)CN1CCCC(O)CC1. The maximum atomic E-state index is 9.45. The van der Waals surface area contributed by atoms with Crippen LogP contribution in [-0.4, -0.2) is 41.6 Å². The third kappa shape index (κ3) is 4.30. The molecule has 0 saturated carbocycles. The fraction of sp³-hybridized carbons (Fsp3) is 1.00. The number of alkyl halides is 1. The van der Waals surface area contributed by atoms with Crippen molar-refractivity contribution in [1.82, 2.24) is 4.90 Å². The van der Waals surface area contributed by atoms with E-state index in [0.717, 1.165) is 44.8 Å². The van der Waals surface area contributed by atoms with E-state index in [9.17, 15) is 5.11 Å². The zero-order chi connectivity index (χ0) is 9.68. The average molecular weight is 206 g/mol. The second kappa shape index (κ2) is 5.84. The minimum absolute atomic E-state index is 0.0729. The molecule has 0 aliphatic carbocycles. The molecule has 0 aromatic carbocycles. The predicted molar refractivity (Wildman–Crippen MR) is 56.2 cm³/mol. The van der Waals surface area contributed by atoms with Crippen molar-refractivity contribution < 1.29 is 5.11 Å². The Hall–Kier alpha value is 0.210. The Kier molecular flexibility index (Phi) is 5.07. The molecule has 1 heterocycles. The van der Waals surface area contributed by atoms with Crippen molar-refractivity contribution in [3.8, 4) is 0 Å². The lowest BCUT2D eigenvalue weighted by Crippen LogP contribution is -2.30. The van der Waals surface area contributed by atoms with E-state index in [0.29, 0.717) is 5.92 Å². The second-order valence-corrected chi connectivity index (χ2v) is 4.45. The van der Waals surface area contributed by atoms with Gasteiger partial charge >= 0.3 is 0 Å². The van der Waals surface area contributed by atoms with Gasteiger partial charge in [-0.1, -0.05) is 6.92 Å². The first kappa shape index (κ1) is 11.3. The van der Waals surface area contributed by atoms with Crippen LogP contribution in [0.3, 0.4) is 0 Å². The van der Waals surface area contributed by atoms with Crippen LogP contribution in [0.1, 0.15) is 26.2 Å². The Morgan fingerprint density at radius 2 is 2.23 bits per heavy atom. The Bertz CT molecular complexity index is 143. The monoisotopic (exact) mass is 205 g/mol. The zero-order valence-corrected chi connectivity index (χ0v) is 9.13. The molecular weight excluding hydrogens is 186 g/mol. The van der Waals surface area contributed by atoms with Gasteiger partial charge in [-0.05, 0) is 31.7 Å². The molecule has 1 aliphatic rings. The minimum Gasteiger partial charge on any atom is -0.393 e. The van der Waals surface area contributed by atoms with Crippen LogP contribution in [0.2, 0.25) is 0 Å². The van der Waals surface area contributed by atoms with Gasteiger partial charge in [-0.3, -0.25) is 0 Å². The molecule has 1 N–H and O–H groups in total. The fourth-order valence-corrected chi connectivity index (χ4v) is 1.91. The normalized spacial score (nSPS) is 28.4. The number of hydrogen-bond donors (Lipinski definition) is 1. The van der Waals surface area contributed by atoms with E-state index < -0.39 is 0 Å². The molecule has 1 rings (SSSR count). The summed E-state index contributed by atoms with van der Waals surface area (Å²) in [4.78, 5) is 2.42. The first-order chi connectivity index (χ1) is 6.22. The summed E-state index contributed by atoms with van der Waals surface area (Å²) in [5, 5.41) is 9.45. The molecule has 0 amide bonds. The Balaban J connectivity index is 2.25. The van der Waals surface area contributed by atoms with Crippen molar-refractivity contribution >= 4 is 11.6 Å².